The van der Waals surface area contributed by atoms with Gasteiger partial charge in [-0.2, -0.15) is 0 Å². The normalized spacial score (nSPS) is 13.1. The maximum atomic E-state index is 5.79. The molecule has 1 aromatic rings. The van der Waals surface area contributed by atoms with Crippen LogP contribution in [0.5, 0.6) is 5.88 Å². The molecule has 20 heavy (non-hydrogen) atoms. The van der Waals surface area contributed by atoms with Gasteiger partial charge in [0.1, 0.15) is 6.61 Å². The van der Waals surface area contributed by atoms with Gasteiger partial charge in [-0.3, -0.25) is 0 Å². The molecule has 0 aromatic carbocycles. The third-order valence-corrected chi connectivity index (χ3v) is 2.77. The first-order chi connectivity index (χ1) is 9.65. The molecule has 0 fully saturated rings. The number of pyridine rings is 1. The number of ether oxygens (including phenoxy) is 2. The number of nitrogens with two attached hydrogens (primary N) is 1. The number of hydrogen-bond acceptors (Lipinski definition) is 4. The van der Waals surface area contributed by atoms with Gasteiger partial charge in [0.15, 0.2) is 5.96 Å². The van der Waals surface area contributed by atoms with E-state index in [0.29, 0.717) is 37.6 Å². The predicted octanol–water partition coefficient (Wildman–Crippen LogP) is 1.31. The lowest BCUT2D eigenvalue weighted by molar-refractivity contribution is 0.143. The minimum absolute atomic E-state index is 0.327. The molecule has 0 bridgehead atoms. The van der Waals surface area contributed by atoms with E-state index >= 15 is 0 Å². The van der Waals surface area contributed by atoms with Crippen molar-refractivity contribution in [3.8, 4) is 5.88 Å². The minimum Gasteiger partial charge on any atom is -0.475 e. The van der Waals surface area contributed by atoms with E-state index in [1.165, 1.54) is 0 Å². The maximum Gasteiger partial charge on any atom is 0.213 e. The first-order valence-corrected chi connectivity index (χ1v) is 6.78. The number of nitrogens with zero attached hydrogens (tertiary/aromatic N) is 2. The molecule has 6 nitrogen and oxygen atoms in total. The van der Waals surface area contributed by atoms with Crippen molar-refractivity contribution in [2.45, 2.75) is 32.9 Å². The van der Waals surface area contributed by atoms with Gasteiger partial charge in [-0.25, -0.2) is 9.98 Å². The van der Waals surface area contributed by atoms with E-state index in [1.807, 2.05) is 12.1 Å². The van der Waals surface area contributed by atoms with Crippen LogP contribution in [0.25, 0.3) is 0 Å². The maximum absolute atomic E-state index is 5.79. The van der Waals surface area contributed by atoms with Gasteiger partial charge in [-0.15, -0.1) is 0 Å². The third kappa shape index (κ3) is 6.38. The van der Waals surface area contributed by atoms with E-state index < -0.39 is 0 Å². The van der Waals surface area contributed by atoms with E-state index in [-0.39, 0.29) is 0 Å². The van der Waals surface area contributed by atoms with E-state index in [2.05, 4.69) is 29.1 Å². The second kappa shape index (κ2) is 9.14. The van der Waals surface area contributed by atoms with Crippen molar-refractivity contribution in [2.24, 2.45) is 10.7 Å². The zero-order valence-electron chi connectivity index (χ0n) is 12.4. The molecule has 0 amide bonds. The Bertz CT molecular complexity index is 406. The van der Waals surface area contributed by atoms with Crippen molar-refractivity contribution in [3.05, 3.63) is 23.9 Å². The first-order valence-electron chi connectivity index (χ1n) is 6.78. The second-order valence-corrected chi connectivity index (χ2v) is 4.50. The van der Waals surface area contributed by atoms with Crippen LogP contribution in [-0.2, 0) is 11.3 Å². The van der Waals surface area contributed by atoms with Gasteiger partial charge >= 0.3 is 0 Å². The number of nitrogens with one attached hydrogen (secondary N) is 1. The Morgan fingerprint density at radius 2 is 2.25 bits per heavy atom. The fourth-order valence-electron chi connectivity index (χ4n) is 1.40. The highest BCUT2D eigenvalue weighted by Crippen LogP contribution is 2.08. The van der Waals surface area contributed by atoms with Gasteiger partial charge in [0.25, 0.3) is 0 Å². The number of hydrogen-bond donors (Lipinski definition) is 2. The van der Waals surface area contributed by atoms with Crippen LogP contribution in [0.15, 0.2) is 23.3 Å². The molecule has 0 aliphatic rings. The average molecular weight is 280 g/mol. The summed E-state index contributed by atoms with van der Waals surface area (Å²) in [5.74, 6) is 1.04. The molecule has 0 aliphatic heterocycles. The predicted molar refractivity (Wildman–Crippen MR) is 79.8 cm³/mol. The van der Waals surface area contributed by atoms with Crippen LogP contribution in [0.3, 0.4) is 0 Å². The molecule has 0 unspecified atom stereocenters. The van der Waals surface area contributed by atoms with E-state index in [9.17, 15) is 0 Å². The Morgan fingerprint density at radius 1 is 1.45 bits per heavy atom. The average Bonchev–Trinajstić information content (AvgIpc) is 2.46. The Hall–Kier alpha value is -1.82. The lowest BCUT2D eigenvalue weighted by Gasteiger charge is -2.11. The van der Waals surface area contributed by atoms with Crippen molar-refractivity contribution in [2.75, 3.05) is 20.3 Å². The molecule has 0 radical (unpaired) electrons. The molecule has 6 heteroatoms. The van der Waals surface area contributed by atoms with Crippen LogP contribution in [0.4, 0.5) is 0 Å². The van der Waals surface area contributed by atoms with Crippen LogP contribution in [0.1, 0.15) is 25.8 Å². The number of methoxy groups -OCH3 is 1. The zero-order valence-corrected chi connectivity index (χ0v) is 12.4. The molecule has 3 N–H and O–H groups in total. The van der Waals surface area contributed by atoms with E-state index in [4.69, 9.17) is 15.2 Å². The summed E-state index contributed by atoms with van der Waals surface area (Å²) >= 11 is 0. The van der Waals surface area contributed by atoms with Crippen LogP contribution in [0.2, 0.25) is 0 Å². The zero-order chi connectivity index (χ0) is 14.8. The van der Waals surface area contributed by atoms with Crippen molar-refractivity contribution in [1.29, 1.82) is 0 Å². The van der Waals surface area contributed by atoms with Crippen molar-refractivity contribution in [1.82, 2.24) is 10.3 Å². The number of rotatable bonds is 8. The Labute approximate surface area is 120 Å². The quantitative estimate of drug-likeness (QED) is 0.426. The summed E-state index contributed by atoms with van der Waals surface area (Å²) < 4.78 is 10.3. The molecule has 1 heterocycles. The van der Waals surface area contributed by atoms with Gasteiger partial charge in [0.05, 0.1) is 13.2 Å². The Morgan fingerprint density at radius 3 is 2.85 bits per heavy atom. The monoisotopic (exact) mass is 280 g/mol. The van der Waals surface area contributed by atoms with Crippen molar-refractivity contribution < 1.29 is 9.47 Å². The fourth-order valence-corrected chi connectivity index (χ4v) is 1.40. The highest BCUT2D eigenvalue weighted by Gasteiger charge is 2.00. The van der Waals surface area contributed by atoms with Gasteiger partial charge in [-0.1, -0.05) is 13.0 Å². The minimum atomic E-state index is 0.327. The Balaban J connectivity index is 2.42. The molecule has 0 aliphatic carbocycles. The molecule has 1 atom stereocenters. The molecular weight excluding hydrogens is 256 g/mol. The molecule has 0 spiro atoms. The number of guanidine groups is 1. The molecule has 1 aromatic heterocycles. The SMILES string of the molecule is CC[C@H](C)NC(N)=NCc1ccc(OCCOC)nc1. The number of aliphatic imine (C=N–C) groups is 1. The van der Waals surface area contributed by atoms with Crippen molar-refractivity contribution in [3.63, 3.8) is 0 Å². The van der Waals surface area contributed by atoms with E-state index in [0.717, 1.165) is 12.0 Å². The first kappa shape index (κ1) is 16.2. The highest BCUT2D eigenvalue weighted by atomic mass is 16.5. The topological polar surface area (TPSA) is 81.8 Å². The largest absolute Gasteiger partial charge is 0.475 e. The lowest BCUT2D eigenvalue weighted by atomic mass is 10.3. The molecule has 0 saturated heterocycles. The third-order valence-electron chi connectivity index (χ3n) is 2.77. The summed E-state index contributed by atoms with van der Waals surface area (Å²) in [7, 11) is 1.63. The van der Waals surface area contributed by atoms with Gasteiger partial charge in [0.2, 0.25) is 5.88 Å². The fraction of sp³-hybridized carbons (Fsp3) is 0.571. The molecular formula is C14H24N4O2. The summed E-state index contributed by atoms with van der Waals surface area (Å²) in [6.45, 7) is 5.70. The summed E-state index contributed by atoms with van der Waals surface area (Å²) in [5.41, 5.74) is 6.77. The Kier molecular flexibility index (Phi) is 7.42. The van der Waals surface area contributed by atoms with E-state index in [1.54, 1.807) is 13.3 Å². The van der Waals surface area contributed by atoms with Gasteiger partial charge < -0.3 is 20.5 Å². The smallest absolute Gasteiger partial charge is 0.213 e. The van der Waals surface area contributed by atoms with Gasteiger partial charge in [-0.05, 0) is 18.9 Å². The second-order valence-electron chi connectivity index (χ2n) is 4.50. The van der Waals surface area contributed by atoms with Crippen LogP contribution in [0, 0.1) is 0 Å². The summed E-state index contributed by atoms with van der Waals surface area (Å²) in [6, 6.07) is 4.07. The summed E-state index contributed by atoms with van der Waals surface area (Å²) in [5, 5.41) is 3.11. The summed E-state index contributed by atoms with van der Waals surface area (Å²) in [4.78, 5) is 8.47. The van der Waals surface area contributed by atoms with Crippen LogP contribution < -0.4 is 15.8 Å². The standard InChI is InChI=1S/C14H24N4O2/c1-4-11(2)18-14(15)17-10-12-5-6-13(16-9-12)20-8-7-19-3/h5-6,9,11H,4,7-8,10H2,1-3H3,(H3,15,17,18)/t11-/m0/s1. The van der Waals surface area contributed by atoms with Crippen LogP contribution >= 0.6 is 0 Å². The highest BCUT2D eigenvalue weighted by molar-refractivity contribution is 5.78. The molecule has 0 saturated carbocycles. The molecule has 1 rings (SSSR count). The summed E-state index contributed by atoms with van der Waals surface area (Å²) in [6.07, 6.45) is 2.74. The lowest BCUT2D eigenvalue weighted by Crippen LogP contribution is -2.38. The van der Waals surface area contributed by atoms with Crippen molar-refractivity contribution >= 4 is 5.96 Å². The molecule has 112 valence electrons. The van der Waals surface area contributed by atoms with Gasteiger partial charge in [0, 0.05) is 25.4 Å². The van der Waals surface area contributed by atoms with Crippen LogP contribution in [-0.4, -0.2) is 37.3 Å². The number of aromatic nitrogens is 1.